The van der Waals surface area contributed by atoms with Crippen LogP contribution in [0.15, 0.2) is 54.6 Å². The lowest BCUT2D eigenvalue weighted by molar-refractivity contribution is -0.123. The predicted octanol–water partition coefficient (Wildman–Crippen LogP) is 1.03. The van der Waals surface area contributed by atoms with Crippen LogP contribution >= 0.6 is 0 Å². The highest BCUT2D eigenvalue weighted by Crippen LogP contribution is 2.16. The van der Waals surface area contributed by atoms with Gasteiger partial charge >= 0.3 is 0 Å². The third-order valence-electron chi connectivity index (χ3n) is 3.53. The molecule has 0 unspecified atom stereocenters. The molecule has 0 saturated carbocycles. The van der Waals surface area contributed by atoms with Crippen LogP contribution in [-0.2, 0) is 9.59 Å². The van der Waals surface area contributed by atoms with Gasteiger partial charge in [-0.1, -0.05) is 24.3 Å². The molecule has 2 rings (SSSR count). The fourth-order valence-corrected chi connectivity index (χ4v) is 2.28. The first-order valence-corrected chi connectivity index (χ1v) is 8.24. The molecule has 8 heteroatoms. The summed E-state index contributed by atoms with van der Waals surface area (Å²) in [7, 11) is 3.17. The molecule has 0 heterocycles. The highest BCUT2D eigenvalue weighted by molar-refractivity contribution is 5.95. The Balaban J connectivity index is 1.73. The summed E-state index contributed by atoms with van der Waals surface area (Å²) < 4.78 is 5.10. The summed E-state index contributed by atoms with van der Waals surface area (Å²) in [6.07, 6.45) is 0. The van der Waals surface area contributed by atoms with Crippen molar-refractivity contribution < 1.29 is 19.1 Å². The third kappa shape index (κ3) is 6.79. The van der Waals surface area contributed by atoms with Crippen LogP contribution in [0, 0.1) is 0 Å². The quantitative estimate of drug-likeness (QED) is 0.632. The molecule has 0 aromatic heterocycles. The molecular formula is C19H22N4O4. The number of hydrazine groups is 1. The van der Waals surface area contributed by atoms with Crippen molar-refractivity contribution in [1.82, 2.24) is 15.8 Å². The first-order valence-electron chi connectivity index (χ1n) is 8.24. The molecule has 0 radical (unpaired) electrons. The first kappa shape index (κ1) is 19.9. The Bertz CT molecular complexity index is 795. The Morgan fingerprint density at radius 3 is 2.33 bits per heavy atom. The Labute approximate surface area is 157 Å². The lowest BCUT2D eigenvalue weighted by Crippen LogP contribution is -2.46. The van der Waals surface area contributed by atoms with E-state index in [2.05, 4.69) is 16.2 Å². The van der Waals surface area contributed by atoms with E-state index in [1.807, 2.05) is 0 Å². The molecule has 3 N–H and O–H groups in total. The number of anilines is 1. The summed E-state index contributed by atoms with van der Waals surface area (Å²) in [5.74, 6) is -0.486. The van der Waals surface area contributed by atoms with Gasteiger partial charge in [-0.2, -0.15) is 0 Å². The van der Waals surface area contributed by atoms with E-state index in [4.69, 9.17) is 4.74 Å². The Morgan fingerprint density at radius 1 is 0.926 bits per heavy atom. The molecule has 0 aliphatic carbocycles. The maximum Gasteiger partial charge on any atom is 0.269 e. The van der Waals surface area contributed by atoms with Crippen molar-refractivity contribution in [2.45, 2.75) is 0 Å². The van der Waals surface area contributed by atoms with Crippen LogP contribution in [0.3, 0.4) is 0 Å². The van der Waals surface area contributed by atoms with Gasteiger partial charge in [0.15, 0.2) is 0 Å². The van der Waals surface area contributed by atoms with Gasteiger partial charge in [-0.05, 0) is 31.3 Å². The van der Waals surface area contributed by atoms with Crippen molar-refractivity contribution in [3.8, 4) is 5.75 Å². The van der Waals surface area contributed by atoms with Crippen LogP contribution in [0.4, 0.5) is 5.69 Å². The second-order valence-corrected chi connectivity index (χ2v) is 5.82. The minimum Gasteiger partial charge on any atom is -0.497 e. The molecule has 0 bridgehead atoms. The molecule has 2 aromatic carbocycles. The lowest BCUT2D eigenvalue weighted by Gasteiger charge is -2.16. The van der Waals surface area contributed by atoms with Gasteiger partial charge in [-0.25, -0.2) is 0 Å². The van der Waals surface area contributed by atoms with Crippen molar-refractivity contribution in [2.24, 2.45) is 0 Å². The number of carbonyl (C=O) groups is 3. The molecule has 0 spiro atoms. The average Bonchev–Trinajstić information content (AvgIpc) is 2.66. The molecule has 2 aromatic rings. The largest absolute Gasteiger partial charge is 0.497 e. The minimum atomic E-state index is -0.434. The van der Waals surface area contributed by atoms with E-state index in [0.717, 1.165) is 0 Å². The predicted molar refractivity (Wildman–Crippen MR) is 101 cm³/mol. The zero-order chi connectivity index (χ0) is 19.6. The number of methoxy groups -OCH3 is 1. The van der Waals surface area contributed by atoms with Crippen LogP contribution < -0.4 is 20.9 Å². The van der Waals surface area contributed by atoms with Gasteiger partial charge in [0.05, 0.1) is 20.2 Å². The molecule has 0 aliphatic rings. The number of nitrogens with zero attached hydrogens (tertiary/aromatic N) is 1. The third-order valence-corrected chi connectivity index (χ3v) is 3.53. The normalized spacial score (nSPS) is 10.2. The standard InChI is InChI=1S/C19H22N4O4/c1-23(12-17(24)20-15-9-6-10-16(11-15)27-2)13-18(25)21-22-19(26)14-7-4-3-5-8-14/h3-11H,12-13H2,1-2H3,(H,20,24)(H,21,25)(H,22,26). The van der Waals surface area contributed by atoms with Gasteiger partial charge in [0.2, 0.25) is 5.91 Å². The fourth-order valence-electron chi connectivity index (χ4n) is 2.28. The van der Waals surface area contributed by atoms with E-state index in [9.17, 15) is 14.4 Å². The second kappa shape index (κ2) is 9.93. The van der Waals surface area contributed by atoms with E-state index in [-0.39, 0.29) is 19.0 Å². The molecule has 0 atom stereocenters. The number of rotatable bonds is 7. The van der Waals surface area contributed by atoms with Crippen molar-refractivity contribution in [1.29, 1.82) is 0 Å². The first-order chi connectivity index (χ1) is 13.0. The van der Waals surface area contributed by atoms with E-state index in [1.54, 1.807) is 68.8 Å². The van der Waals surface area contributed by atoms with Gasteiger partial charge in [-0.3, -0.25) is 30.1 Å². The highest BCUT2D eigenvalue weighted by Gasteiger charge is 2.12. The van der Waals surface area contributed by atoms with Crippen molar-refractivity contribution >= 4 is 23.4 Å². The van der Waals surface area contributed by atoms with Gasteiger partial charge in [0.1, 0.15) is 5.75 Å². The highest BCUT2D eigenvalue weighted by atomic mass is 16.5. The smallest absolute Gasteiger partial charge is 0.269 e. The van der Waals surface area contributed by atoms with E-state index in [1.165, 1.54) is 4.90 Å². The average molecular weight is 370 g/mol. The van der Waals surface area contributed by atoms with Gasteiger partial charge in [0, 0.05) is 17.3 Å². The molecular weight excluding hydrogens is 348 g/mol. The van der Waals surface area contributed by atoms with Crippen LogP contribution in [0.25, 0.3) is 0 Å². The SMILES string of the molecule is COc1cccc(NC(=O)CN(C)CC(=O)NNC(=O)c2ccccc2)c1. The van der Waals surface area contributed by atoms with Crippen LogP contribution in [0.5, 0.6) is 5.75 Å². The van der Waals surface area contributed by atoms with Crippen molar-refractivity contribution in [3.63, 3.8) is 0 Å². The molecule has 0 aliphatic heterocycles. The molecule has 27 heavy (non-hydrogen) atoms. The summed E-state index contributed by atoms with van der Waals surface area (Å²) >= 11 is 0. The van der Waals surface area contributed by atoms with Gasteiger partial charge < -0.3 is 10.1 Å². The number of ether oxygens (including phenoxy) is 1. The minimum absolute atomic E-state index is 0.0112. The molecule has 8 nitrogen and oxygen atoms in total. The van der Waals surface area contributed by atoms with Crippen molar-refractivity contribution in [2.75, 3.05) is 32.6 Å². The number of nitrogens with one attached hydrogen (secondary N) is 3. The van der Waals surface area contributed by atoms with E-state index < -0.39 is 11.8 Å². The van der Waals surface area contributed by atoms with E-state index in [0.29, 0.717) is 17.0 Å². The molecule has 142 valence electrons. The Kier molecular flexibility index (Phi) is 7.33. The molecule has 0 saturated heterocycles. The number of benzene rings is 2. The maximum absolute atomic E-state index is 12.1. The van der Waals surface area contributed by atoms with Crippen LogP contribution in [0.2, 0.25) is 0 Å². The number of amides is 3. The Hall–Kier alpha value is -3.39. The number of likely N-dealkylation sites (N-methyl/N-ethyl adjacent to an activating group) is 1. The zero-order valence-electron chi connectivity index (χ0n) is 15.2. The summed E-state index contributed by atoms with van der Waals surface area (Å²) in [5.41, 5.74) is 5.69. The fraction of sp³-hybridized carbons (Fsp3) is 0.211. The lowest BCUT2D eigenvalue weighted by atomic mass is 10.2. The van der Waals surface area contributed by atoms with Crippen LogP contribution in [-0.4, -0.2) is 49.9 Å². The Morgan fingerprint density at radius 2 is 1.63 bits per heavy atom. The molecule has 0 fully saturated rings. The topological polar surface area (TPSA) is 99.8 Å². The van der Waals surface area contributed by atoms with Gasteiger partial charge in [-0.15, -0.1) is 0 Å². The number of hydrogen-bond acceptors (Lipinski definition) is 5. The van der Waals surface area contributed by atoms with Gasteiger partial charge in [0.25, 0.3) is 11.8 Å². The maximum atomic E-state index is 12.1. The summed E-state index contributed by atoms with van der Waals surface area (Å²) in [5, 5.41) is 2.73. The van der Waals surface area contributed by atoms with Crippen molar-refractivity contribution in [3.05, 3.63) is 60.2 Å². The zero-order valence-corrected chi connectivity index (χ0v) is 15.2. The second-order valence-electron chi connectivity index (χ2n) is 5.82. The summed E-state index contributed by atoms with van der Waals surface area (Å²) in [6.45, 7) is -0.0438. The summed E-state index contributed by atoms with van der Waals surface area (Å²) in [4.78, 5) is 37.3. The monoisotopic (exact) mass is 370 g/mol. The molecule has 3 amide bonds. The van der Waals surface area contributed by atoms with Crippen LogP contribution in [0.1, 0.15) is 10.4 Å². The van der Waals surface area contributed by atoms with E-state index >= 15 is 0 Å². The number of hydrogen-bond donors (Lipinski definition) is 3. The summed E-state index contributed by atoms with van der Waals surface area (Å²) in [6, 6.07) is 15.5. The number of carbonyl (C=O) groups excluding carboxylic acids is 3.